The highest BCUT2D eigenvalue weighted by atomic mass is 16.8. The summed E-state index contributed by atoms with van der Waals surface area (Å²) < 4.78 is 91.0. The van der Waals surface area contributed by atoms with Crippen molar-refractivity contribution in [2.75, 3.05) is 112 Å². The number of carbonyl (C=O) groups excluding carboxylic acids is 6. The Morgan fingerprint density at radius 1 is 0.353 bits per heavy atom. The van der Waals surface area contributed by atoms with Gasteiger partial charge in [0.25, 0.3) is 5.91 Å². The number of ether oxygens (including phenoxy) is 16. The molecule has 8 rings (SSSR count). The van der Waals surface area contributed by atoms with Gasteiger partial charge in [-0.05, 0) is 67.1 Å². The summed E-state index contributed by atoms with van der Waals surface area (Å²) in [7, 11) is 0. The maximum atomic E-state index is 12.8. The first-order chi connectivity index (χ1) is 56.9. The van der Waals surface area contributed by atoms with E-state index in [4.69, 9.17) is 75.8 Å². The summed E-state index contributed by atoms with van der Waals surface area (Å²) in [5.74, 6) is -1.75. The van der Waals surface area contributed by atoms with Gasteiger partial charge in [0.05, 0.1) is 72.7 Å². The molecule has 6 saturated heterocycles. The molecule has 6 aliphatic rings. The Balaban J connectivity index is 0.646. The smallest absolute Gasteiger partial charge is 0.258 e. The quantitative estimate of drug-likeness (QED) is 0.0274. The van der Waals surface area contributed by atoms with E-state index in [2.05, 4.69) is 26.6 Å². The van der Waals surface area contributed by atoms with Crippen molar-refractivity contribution in [2.45, 2.75) is 243 Å². The van der Waals surface area contributed by atoms with E-state index in [1.165, 1.54) is 0 Å². The third-order valence-electron chi connectivity index (χ3n) is 20.1. The SMILES string of the molecule is CC(=O)NC1[C@H](OCCCNC(=O)CCOCCCC(=O)COc2cc(C)cc(-c3ccc(OCC(=O)NCCOCCC(=O)NCCCO[C@@H]4OC(CO)[C@@H](O[C@@H]5OC(CO)[C@H](O)[C@H](O[C@H]6OC(CO)[C@H](O)C(O)[C@@H]6O)C5O)[C@H](O)C4NC(C)=O)cc3)c2)OC(CO)[C@@H](O[C@@H]2OC(CO)[C@H](O)[C@H](O[C@H]3OC(CO)[C@H](O)C(O)[C@@H]3O)C2O)[C@@H]1O. The van der Waals surface area contributed by atoms with Gasteiger partial charge in [0, 0.05) is 59.4 Å². The third-order valence-corrected chi connectivity index (χ3v) is 20.1. The Morgan fingerprint density at radius 2 is 0.748 bits per heavy atom. The molecule has 5 amide bonds. The molecule has 0 bridgehead atoms. The summed E-state index contributed by atoms with van der Waals surface area (Å²) in [5.41, 5.74) is 2.45. The van der Waals surface area contributed by atoms with Crippen LogP contribution in [0, 0.1) is 6.92 Å². The lowest BCUT2D eigenvalue weighted by atomic mass is 9.95. The molecule has 0 saturated carbocycles. The van der Waals surface area contributed by atoms with E-state index >= 15 is 0 Å². The topological polar surface area (TPSA) is 674 Å². The highest BCUT2D eigenvalue weighted by Gasteiger charge is 2.57. The van der Waals surface area contributed by atoms with Crippen molar-refractivity contribution in [2.24, 2.45) is 0 Å². The van der Waals surface area contributed by atoms with E-state index < -0.39 is 241 Å². The zero-order chi connectivity index (χ0) is 86.7. The number of aliphatic hydroxyl groups excluding tert-OH is 18. The van der Waals surface area contributed by atoms with E-state index in [1.54, 1.807) is 36.4 Å². The minimum atomic E-state index is -2.00. The molecule has 0 spiro atoms. The average Bonchev–Trinajstić information content (AvgIpc) is 0.773. The van der Waals surface area contributed by atoms with Gasteiger partial charge in [-0.1, -0.05) is 18.2 Å². The lowest BCUT2D eigenvalue weighted by molar-refractivity contribution is -0.376. The number of rotatable bonds is 46. The molecule has 2 aromatic rings. The maximum absolute atomic E-state index is 12.8. The van der Waals surface area contributed by atoms with Crippen LogP contribution in [0.5, 0.6) is 11.5 Å². The van der Waals surface area contributed by atoms with Gasteiger partial charge in [-0.3, -0.25) is 28.8 Å². The lowest BCUT2D eigenvalue weighted by Gasteiger charge is -2.48. The molecular formula is C74H115N5O40. The molecule has 119 heavy (non-hydrogen) atoms. The van der Waals surface area contributed by atoms with Crippen LogP contribution in [0.15, 0.2) is 42.5 Å². The summed E-state index contributed by atoms with van der Waals surface area (Å²) in [6, 6.07) is 9.74. The molecule has 2 aromatic carbocycles. The second-order valence-electron chi connectivity index (χ2n) is 29.1. The standard InChI is InChI=1S/C74H115N5O40/c1-34-23-38(25-41(24-34)108-32-39(88)7-4-17-104-20-12-48(89)75-14-5-18-106-69-51(78-35(2)86)57(96)65(46(30-84)114-69)116-73-63(102)67(55(94)44(28-82)112-73)118-71-61(100)59(98)53(92)42(26-80)110-71)37-8-10-40(11-9-37)109-33-50(91)77-16-22-105-21-13-49(90)76-15-6-19-107-70-52(79-36(3)87)58(97)66(47(31-85)115-70)117-74-64(103)68(56(95)45(29-83)113-74)119-72-62(101)60(99)54(93)43(27-81)111-72/h8-11,23-25,42-47,51-74,80-85,92-103H,4-7,12-22,26-33H2,1-3H3,(H,75,89)(H,76,90)(H,77,91)(H,78,86)(H,79,87)/t42?,43?,44?,45?,46?,47?,51?,52?,53-,54-,55-,56-,57+,58+,59?,60?,61-,62-,63?,64?,65+,66+,67-,68-,69+,70+,71+,72+,73-,74-/m0/s1. The van der Waals surface area contributed by atoms with Gasteiger partial charge in [-0.25, -0.2) is 0 Å². The van der Waals surface area contributed by atoms with Crippen LogP contribution in [0.25, 0.3) is 11.1 Å². The first-order valence-corrected chi connectivity index (χ1v) is 39.0. The van der Waals surface area contributed by atoms with Crippen LogP contribution in [0.2, 0.25) is 0 Å². The van der Waals surface area contributed by atoms with Gasteiger partial charge < -0.3 is 194 Å². The van der Waals surface area contributed by atoms with Crippen molar-refractivity contribution in [1.29, 1.82) is 0 Å². The van der Waals surface area contributed by atoms with Crippen molar-refractivity contribution >= 4 is 35.3 Å². The monoisotopic (exact) mass is 1710 g/mol. The van der Waals surface area contributed by atoms with Crippen LogP contribution in [0.1, 0.15) is 57.9 Å². The summed E-state index contributed by atoms with van der Waals surface area (Å²) >= 11 is 0. The molecule has 30 atom stereocenters. The summed E-state index contributed by atoms with van der Waals surface area (Å²) in [6.07, 6.45) is -47.2. The van der Waals surface area contributed by atoms with Crippen LogP contribution in [-0.2, 0) is 95.1 Å². The maximum Gasteiger partial charge on any atom is 0.258 e. The number of amides is 5. The van der Waals surface area contributed by atoms with Gasteiger partial charge in [0.1, 0.15) is 164 Å². The number of hydrogen-bond donors (Lipinski definition) is 23. The largest absolute Gasteiger partial charge is 0.486 e. The van der Waals surface area contributed by atoms with Gasteiger partial charge in [0.2, 0.25) is 23.6 Å². The zero-order valence-corrected chi connectivity index (χ0v) is 65.7. The normalized spacial score (nSPS) is 34.8. The van der Waals surface area contributed by atoms with Crippen LogP contribution >= 0.6 is 0 Å². The molecular weight excluding hydrogens is 1600 g/mol. The molecule has 6 heterocycles. The Morgan fingerprint density at radius 3 is 1.18 bits per heavy atom. The van der Waals surface area contributed by atoms with Crippen molar-refractivity contribution in [3.8, 4) is 22.6 Å². The summed E-state index contributed by atoms with van der Waals surface area (Å²) in [5, 5.41) is 203. The van der Waals surface area contributed by atoms with Gasteiger partial charge in [-0.15, -0.1) is 0 Å². The fourth-order valence-corrected chi connectivity index (χ4v) is 13.7. The molecule has 676 valence electrons. The number of aryl methyl sites for hydroxylation is 1. The second-order valence-corrected chi connectivity index (χ2v) is 29.1. The lowest BCUT2D eigenvalue weighted by Crippen LogP contribution is -2.68. The molecule has 45 heteroatoms. The molecule has 6 aliphatic heterocycles. The van der Waals surface area contributed by atoms with E-state index in [9.17, 15) is 121 Å². The third kappa shape index (κ3) is 27.9. The van der Waals surface area contributed by atoms with Crippen LogP contribution in [0.4, 0.5) is 0 Å². The Labute approximate surface area is 682 Å². The first-order valence-electron chi connectivity index (χ1n) is 39.0. The number of Topliss-reactive ketones (excluding diaryl/α,β-unsaturated/α-hetero) is 1. The molecule has 23 N–H and O–H groups in total. The molecule has 6 fully saturated rings. The van der Waals surface area contributed by atoms with E-state index in [0.29, 0.717) is 17.9 Å². The minimum Gasteiger partial charge on any atom is -0.486 e. The molecule has 0 radical (unpaired) electrons. The Bertz CT molecular complexity index is 3420. The Kier molecular flexibility index (Phi) is 40.2. The summed E-state index contributed by atoms with van der Waals surface area (Å²) in [4.78, 5) is 75.3. The van der Waals surface area contributed by atoms with E-state index in [1.807, 2.05) is 13.0 Å². The van der Waals surface area contributed by atoms with Crippen molar-refractivity contribution in [1.82, 2.24) is 26.6 Å². The molecule has 0 aliphatic carbocycles. The van der Waals surface area contributed by atoms with Gasteiger partial charge in [0.15, 0.2) is 50.1 Å². The van der Waals surface area contributed by atoms with Crippen molar-refractivity contribution in [3.63, 3.8) is 0 Å². The minimum absolute atomic E-state index is 0.00839. The van der Waals surface area contributed by atoms with Crippen LogP contribution < -0.4 is 36.1 Å². The fraction of sp³-hybridized carbons (Fsp3) is 0.757. The number of aliphatic hydroxyl groups is 18. The highest BCUT2D eigenvalue weighted by Crippen LogP contribution is 2.37. The number of hydrogen-bond acceptors (Lipinski definition) is 40. The molecule has 12 unspecified atom stereocenters. The predicted octanol–water partition coefficient (Wildman–Crippen LogP) is -11.1. The fourth-order valence-electron chi connectivity index (χ4n) is 13.7. The van der Waals surface area contributed by atoms with E-state index in [-0.39, 0.29) is 122 Å². The van der Waals surface area contributed by atoms with Crippen LogP contribution in [-0.4, -0.2) is 423 Å². The zero-order valence-electron chi connectivity index (χ0n) is 65.7. The highest BCUT2D eigenvalue weighted by molar-refractivity contribution is 5.80. The van der Waals surface area contributed by atoms with Crippen molar-refractivity contribution in [3.05, 3.63) is 48.0 Å². The predicted molar refractivity (Wildman–Crippen MR) is 394 cm³/mol. The number of nitrogens with one attached hydrogen (secondary N) is 5. The second kappa shape index (κ2) is 48.7. The number of benzene rings is 2. The number of carbonyl (C=O) groups is 6. The van der Waals surface area contributed by atoms with Crippen molar-refractivity contribution < 1.29 is 196 Å². The number of ketones is 1. The van der Waals surface area contributed by atoms with Gasteiger partial charge >= 0.3 is 0 Å². The van der Waals surface area contributed by atoms with E-state index in [0.717, 1.165) is 30.5 Å². The molecule has 45 nitrogen and oxygen atoms in total. The Hall–Kier alpha value is -6.22. The average molecular weight is 1710 g/mol. The first kappa shape index (κ1) is 98.2. The summed E-state index contributed by atoms with van der Waals surface area (Å²) in [6.45, 7) is -0.891. The van der Waals surface area contributed by atoms with Gasteiger partial charge in [-0.2, -0.15) is 0 Å². The van der Waals surface area contributed by atoms with Crippen LogP contribution in [0.3, 0.4) is 0 Å². The molecule has 0 aromatic heterocycles.